The monoisotopic (exact) mass is 419 g/mol. The third-order valence-corrected chi connectivity index (χ3v) is 7.13. The first-order valence-electron chi connectivity index (χ1n) is 12.5. The van der Waals surface area contributed by atoms with Crippen LogP contribution >= 0.6 is 0 Å². The fourth-order valence-corrected chi connectivity index (χ4v) is 5.07. The zero-order chi connectivity index (χ0) is 21.9. The van der Waals surface area contributed by atoms with E-state index < -0.39 is 0 Å². The number of halogens is 1. The highest BCUT2D eigenvalue weighted by atomic mass is 19.1. The molecule has 0 aromatic heterocycles. The maximum Gasteiger partial charge on any atom is 0.131 e. The Morgan fingerprint density at radius 1 is 0.839 bits per heavy atom. The molecule has 0 heterocycles. The van der Waals surface area contributed by atoms with Crippen molar-refractivity contribution < 1.29 is 4.39 Å². The second-order valence-electron chi connectivity index (χ2n) is 9.49. The summed E-state index contributed by atoms with van der Waals surface area (Å²) in [5, 5.41) is 8.92. The van der Waals surface area contributed by atoms with Gasteiger partial charge in [0, 0.05) is 5.56 Å². The lowest BCUT2D eigenvalue weighted by Gasteiger charge is -2.28. The second-order valence-corrected chi connectivity index (χ2v) is 9.49. The van der Waals surface area contributed by atoms with Crippen LogP contribution in [0, 0.1) is 29.0 Å². The van der Waals surface area contributed by atoms with Crippen LogP contribution in [0.3, 0.4) is 0 Å². The van der Waals surface area contributed by atoms with E-state index in [1.54, 1.807) is 18.2 Å². The molecule has 0 aliphatic heterocycles. The van der Waals surface area contributed by atoms with Crippen molar-refractivity contribution in [1.29, 1.82) is 5.26 Å². The second kappa shape index (κ2) is 12.7. The molecule has 1 saturated carbocycles. The minimum absolute atomic E-state index is 0.162. The van der Waals surface area contributed by atoms with Gasteiger partial charge in [-0.1, -0.05) is 102 Å². The van der Waals surface area contributed by atoms with E-state index in [1.165, 1.54) is 77.0 Å². The summed E-state index contributed by atoms with van der Waals surface area (Å²) in [7, 11) is 0. The van der Waals surface area contributed by atoms with Crippen molar-refractivity contribution >= 4 is 0 Å². The summed E-state index contributed by atoms with van der Waals surface area (Å²) in [6.07, 6.45) is 17.5. The Bertz CT molecular complexity index is 825. The van der Waals surface area contributed by atoms with Gasteiger partial charge in [0.15, 0.2) is 0 Å². The molecule has 0 unspecified atom stereocenters. The summed E-state index contributed by atoms with van der Waals surface area (Å²) in [6, 6.07) is 14.9. The van der Waals surface area contributed by atoms with E-state index in [0.717, 1.165) is 29.4 Å². The molecule has 0 amide bonds. The molecule has 2 aromatic carbocycles. The van der Waals surface area contributed by atoms with Crippen molar-refractivity contribution in [3.63, 3.8) is 0 Å². The first-order chi connectivity index (χ1) is 15.2. The average molecular weight is 420 g/mol. The largest absolute Gasteiger partial charge is 0.206 e. The van der Waals surface area contributed by atoms with Gasteiger partial charge >= 0.3 is 0 Å². The van der Waals surface area contributed by atoms with Gasteiger partial charge < -0.3 is 0 Å². The van der Waals surface area contributed by atoms with Crippen LogP contribution in [0.15, 0.2) is 42.5 Å². The molecule has 0 spiro atoms. The summed E-state index contributed by atoms with van der Waals surface area (Å²) in [5.74, 6) is 1.60. The molecule has 1 aliphatic carbocycles. The van der Waals surface area contributed by atoms with Gasteiger partial charge in [-0.2, -0.15) is 5.26 Å². The minimum Gasteiger partial charge on any atom is -0.206 e. The lowest BCUT2D eigenvalue weighted by molar-refractivity contribution is 0.248. The Kier molecular flexibility index (Phi) is 9.60. The lowest BCUT2D eigenvalue weighted by Crippen LogP contribution is -2.15. The number of unbranched alkanes of at least 4 members (excludes halogenated alkanes) is 5. The maximum atomic E-state index is 14.7. The highest BCUT2D eigenvalue weighted by Gasteiger charge is 2.20. The first kappa shape index (κ1) is 23.5. The Hall–Kier alpha value is -2.14. The van der Waals surface area contributed by atoms with Crippen molar-refractivity contribution in [3.8, 4) is 17.2 Å². The van der Waals surface area contributed by atoms with Crippen molar-refractivity contribution in [2.75, 3.05) is 0 Å². The summed E-state index contributed by atoms with van der Waals surface area (Å²) in [6.45, 7) is 2.28. The van der Waals surface area contributed by atoms with Crippen LogP contribution in [-0.4, -0.2) is 0 Å². The number of aryl methyl sites for hydroxylation is 1. The molecule has 0 atom stereocenters. The highest BCUT2D eigenvalue weighted by molar-refractivity contribution is 5.65. The number of nitrogens with zero attached hydrogens (tertiary/aromatic N) is 1. The predicted octanol–water partition coefficient (Wildman–Crippen LogP) is 8.85. The topological polar surface area (TPSA) is 23.8 Å². The fraction of sp³-hybridized carbons (Fsp3) is 0.552. The van der Waals surface area contributed by atoms with Crippen LogP contribution in [0.1, 0.15) is 95.1 Å². The summed E-state index contributed by atoms with van der Waals surface area (Å²) >= 11 is 0. The van der Waals surface area contributed by atoms with Crippen molar-refractivity contribution in [2.24, 2.45) is 11.8 Å². The van der Waals surface area contributed by atoms with Gasteiger partial charge in [-0.05, 0) is 54.0 Å². The van der Waals surface area contributed by atoms with Crippen LogP contribution in [0.2, 0.25) is 0 Å². The molecule has 3 rings (SSSR count). The Labute approximate surface area is 188 Å². The molecule has 1 fully saturated rings. The quantitative estimate of drug-likeness (QED) is 0.334. The van der Waals surface area contributed by atoms with E-state index in [1.807, 2.05) is 18.2 Å². The number of benzene rings is 2. The van der Waals surface area contributed by atoms with Gasteiger partial charge in [-0.3, -0.25) is 0 Å². The Morgan fingerprint density at radius 2 is 1.48 bits per heavy atom. The number of rotatable bonds is 11. The summed E-state index contributed by atoms with van der Waals surface area (Å²) in [4.78, 5) is 0. The van der Waals surface area contributed by atoms with Crippen molar-refractivity contribution in [2.45, 2.75) is 90.4 Å². The van der Waals surface area contributed by atoms with Crippen molar-refractivity contribution in [1.82, 2.24) is 0 Å². The van der Waals surface area contributed by atoms with E-state index in [-0.39, 0.29) is 5.82 Å². The number of hydrogen-bond donors (Lipinski definition) is 0. The van der Waals surface area contributed by atoms with Crippen LogP contribution in [-0.2, 0) is 6.42 Å². The smallest absolute Gasteiger partial charge is 0.131 e. The first-order valence-corrected chi connectivity index (χ1v) is 12.5. The SMILES string of the molecule is CCCCCCCC[C@H]1CC[C@H](CCc2ccc(-c3ccc(C#N)cc3)c(F)c2)CC1. The van der Waals surface area contributed by atoms with Crippen LogP contribution in [0.25, 0.3) is 11.1 Å². The molecule has 1 nitrogen and oxygen atoms in total. The van der Waals surface area contributed by atoms with Crippen molar-refractivity contribution in [3.05, 3.63) is 59.4 Å². The zero-order valence-corrected chi connectivity index (χ0v) is 19.2. The van der Waals surface area contributed by atoms with Crippen LogP contribution in [0.4, 0.5) is 4.39 Å². The van der Waals surface area contributed by atoms with E-state index in [4.69, 9.17) is 5.26 Å². The molecule has 0 N–H and O–H groups in total. The van der Waals surface area contributed by atoms with Crippen LogP contribution in [0.5, 0.6) is 0 Å². The Balaban J connectivity index is 1.39. The Morgan fingerprint density at radius 3 is 2.13 bits per heavy atom. The third-order valence-electron chi connectivity index (χ3n) is 7.13. The molecule has 2 aromatic rings. The maximum absolute atomic E-state index is 14.7. The van der Waals surface area contributed by atoms with Gasteiger partial charge in [0.1, 0.15) is 5.82 Å². The normalized spacial score (nSPS) is 18.6. The number of hydrogen-bond acceptors (Lipinski definition) is 1. The molecular weight excluding hydrogens is 381 g/mol. The highest BCUT2D eigenvalue weighted by Crippen LogP contribution is 2.34. The third kappa shape index (κ3) is 7.49. The lowest BCUT2D eigenvalue weighted by atomic mass is 9.77. The molecule has 2 heteroatoms. The molecule has 1 aliphatic rings. The molecule has 0 radical (unpaired) electrons. The molecule has 0 saturated heterocycles. The minimum atomic E-state index is -0.162. The summed E-state index contributed by atoms with van der Waals surface area (Å²) < 4.78 is 14.7. The van der Waals surface area contributed by atoms with E-state index >= 15 is 0 Å². The van der Waals surface area contributed by atoms with Gasteiger partial charge in [-0.15, -0.1) is 0 Å². The van der Waals surface area contributed by atoms with E-state index in [0.29, 0.717) is 11.1 Å². The van der Waals surface area contributed by atoms with Gasteiger partial charge in [0.05, 0.1) is 11.6 Å². The van der Waals surface area contributed by atoms with Gasteiger partial charge in [0.25, 0.3) is 0 Å². The zero-order valence-electron chi connectivity index (χ0n) is 19.2. The van der Waals surface area contributed by atoms with Gasteiger partial charge in [0.2, 0.25) is 0 Å². The summed E-state index contributed by atoms with van der Waals surface area (Å²) in [5.41, 5.74) is 3.14. The molecule has 0 bridgehead atoms. The average Bonchev–Trinajstić information content (AvgIpc) is 2.81. The van der Waals surface area contributed by atoms with Crippen LogP contribution < -0.4 is 0 Å². The molecule has 31 heavy (non-hydrogen) atoms. The predicted molar refractivity (Wildman–Crippen MR) is 128 cm³/mol. The molecule has 166 valence electrons. The van der Waals surface area contributed by atoms with Gasteiger partial charge in [-0.25, -0.2) is 4.39 Å². The fourth-order valence-electron chi connectivity index (χ4n) is 5.07. The van der Waals surface area contributed by atoms with E-state index in [2.05, 4.69) is 19.1 Å². The molecular formula is C29H38FN. The van der Waals surface area contributed by atoms with E-state index in [9.17, 15) is 4.39 Å². The standard InChI is InChI=1S/C29H38FN/c1-2-3-4-5-6-7-8-23-9-11-24(12-10-23)13-14-25-17-20-28(29(30)21-25)27-18-15-26(22-31)16-19-27/h15-21,23-24H,2-14H2,1H3/t23-,24-. The number of nitriles is 1.